The highest BCUT2D eigenvalue weighted by Crippen LogP contribution is 2.33. The summed E-state index contributed by atoms with van der Waals surface area (Å²) >= 11 is 5.01. The van der Waals surface area contributed by atoms with Crippen molar-refractivity contribution in [1.29, 1.82) is 0 Å². The number of halogens is 1. The van der Waals surface area contributed by atoms with Crippen LogP contribution < -0.4 is 9.47 Å². The lowest BCUT2D eigenvalue weighted by molar-refractivity contribution is -0.0909. The third-order valence-corrected chi connectivity index (χ3v) is 7.38. The van der Waals surface area contributed by atoms with Crippen LogP contribution in [-0.2, 0) is 33.2 Å². The molecule has 1 unspecified atom stereocenters. The Kier molecular flexibility index (Phi) is 17.8. The van der Waals surface area contributed by atoms with Crippen molar-refractivity contribution in [1.82, 2.24) is 0 Å². The molecule has 15 heteroatoms. The Balaban J connectivity index is 0.000000263. The first kappa shape index (κ1) is 40.8. The predicted octanol–water partition coefficient (Wildman–Crippen LogP) is 5.21. The van der Waals surface area contributed by atoms with Crippen molar-refractivity contribution < 1.29 is 67.2 Å². The molecule has 6 rings (SSSR count). The molecule has 4 aliphatic heterocycles. The maximum Gasteiger partial charge on any atom is 0.514 e. The van der Waals surface area contributed by atoms with Crippen LogP contribution in [0.5, 0.6) is 11.5 Å². The summed E-state index contributed by atoms with van der Waals surface area (Å²) in [7, 11) is 2.69. The van der Waals surface area contributed by atoms with E-state index in [1.165, 1.54) is 50.6 Å². The smallest absolute Gasteiger partial charge is 0.465 e. The normalized spacial score (nSPS) is 25.1. The van der Waals surface area contributed by atoms with Crippen molar-refractivity contribution in [3.63, 3.8) is 0 Å². The molecule has 0 saturated carbocycles. The molecule has 0 amide bonds. The van der Waals surface area contributed by atoms with Gasteiger partial charge in [0, 0.05) is 30.2 Å². The van der Waals surface area contributed by atoms with Gasteiger partial charge in [0.2, 0.25) is 0 Å². The standard InChI is InChI=1S/C15H16O7.C9H9ClO4.C6H10O3.C2H6.CH4/c1-18-13(16)9-2-4-10(5-3-9)21-15(17)22-12-8-20-14-11(12)6-7-19-14;1-13-8(11)6-2-4-7(5-3-6)14-9(10)12;7-5-3-9-6-4(5)1-2-8-6;1-2;/h2-5,11-12,14H,6-8H2,1H3;2-5,8,11H,1H3;4-7H,1-3H2;1-2H3;1H4/t11-,12-,14+;;4-,5-,6+;;/m0.0../s1. The monoisotopic (exact) mass is 700 g/mol. The molecule has 268 valence electrons. The van der Waals surface area contributed by atoms with E-state index >= 15 is 0 Å². The van der Waals surface area contributed by atoms with Gasteiger partial charge < -0.3 is 52.8 Å². The number of esters is 1. The number of benzene rings is 2. The largest absolute Gasteiger partial charge is 0.514 e. The summed E-state index contributed by atoms with van der Waals surface area (Å²) in [6.07, 6.45) is -1.03. The quantitative estimate of drug-likeness (QED) is 0.174. The molecule has 0 aromatic heterocycles. The Hall–Kier alpha value is -3.34. The molecule has 4 fully saturated rings. The van der Waals surface area contributed by atoms with Crippen LogP contribution in [0.2, 0.25) is 0 Å². The average molecular weight is 701 g/mol. The highest BCUT2D eigenvalue weighted by molar-refractivity contribution is 6.61. The summed E-state index contributed by atoms with van der Waals surface area (Å²) in [5.41, 5.74) is 0.0465. The van der Waals surface area contributed by atoms with Gasteiger partial charge in [-0.05, 0) is 49.2 Å². The number of hydrogen-bond acceptors (Lipinski definition) is 14. The first-order chi connectivity index (χ1) is 22.7. The molecule has 14 nitrogen and oxygen atoms in total. The Morgan fingerprint density at radius 3 is 1.92 bits per heavy atom. The zero-order valence-electron chi connectivity index (χ0n) is 26.6. The number of methoxy groups -OCH3 is 2. The SMILES string of the molecule is C.CC.COC(=O)c1ccc(OC(=O)O[C@H]2CO[C@H]3OCC[C@H]32)cc1.COC(O)c1ccc(OC(=O)Cl)cc1.O[C@H]1CO[C@H]2OCC[C@H]21. The van der Waals surface area contributed by atoms with Gasteiger partial charge in [-0.15, -0.1) is 0 Å². The lowest BCUT2D eigenvalue weighted by Gasteiger charge is -2.15. The fourth-order valence-electron chi connectivity index (χ4n) is 4.94. The van der Waals surface area contributed by atoms with Gasteiger partial charge in [0.1, 0.15) is 17.6 Å². The minimum Gasteiger partial charge on any atom is -0.465 e. The second-order valence-corrected chi connectivity index (χ2v) is 10.4. The van der Waals surface area contributed by atoms with Crippen LogP contribution in [0.25, 0.3) is 0 Å². The molecule has 2 aromatic carbocycles. The minimum atomic E-state index is -0.976. The van der Waals surface area contributed by atoms with E-state index in [0.717, 1.165) is 19.4 Å². The number of aliphatic hydroxyl groups excluding tert-OH is 2. The number of carbonyl (C=O) groups excluding carboxylic acids is 3. The van der Waals surface area contributed by atoms with E-state index in [4.69, 9.17) is 40.0 Å². The summed E-state index contributed by atoms with van der Waals surface area (Å²) in [5.74, 6) is 0.469. The number of fused-ring (bicyclic) bond motifs is 2. The minimum absolute atomic E-state index is 0. The van der Waals surface area contributed by atoms with E-state index in [0.29, 0.717) is 36.7 Å². The molecule has 0 bridgehead atoms. The van der Waals surface area contributed by atoms with Crippen LogP contribution >= 0.6 is 11.6 Å². The van der Waals surface area contributed by atoms with Gasteiger partial charge in [0.15, 0.2) is 18.9 Å². The molecule has 0 aliphatic carbocycles. The Labute approximate surface area is 285 Å². The van der Waals surface area contributed by atoms with Gasteiger partial charge in [-0.2, -0.15) is 0 Å². The summed E-state index contributed by atoms with van der Waals surface area (Å²) in [4.78, 5) is 33.5. The van der Waals surface area contributed by atoms with Crippen LogP contribution in [-0.4, -0.2) is 93.2 Å². The van der Waals surface area contributed by atoms with E-state index in [1.807, 2.05) is 13.8 Å². The molecular formula is C33H45ClO14. The molecule has 2 N–H and O–H groups in total. The van der Waals surface area contributed by atoms with E-state index < -0.39 is 23.8 Å². The van der Waals surface area contributed by atoms with Crippen molar-refractivity contribution in [2.45, 2.75) is 65.2 Å². The summed E-state index contributed by atoms with van der Waals surface area (Å²) < 4.78 is 45.2. The van der Waals surface area contributed by atoms with E-state index in [1.54, 1.807) is 12.1 Å². The first-order valence-corrected chi connectivity index (χ1v) is 15.5. The second-order valence-electron chi connectivity index (χ2n) is 10.1. The maximum atomic E-state index is 11.8. The van der Waals surface area contributed by atoms with Crippen LogP contribution in [0.1, 0.15) is 56.3 Å². The fourth-order valence-corrected chi connectivity index (χ4v) is 5.03. The van der Waals surface area contributed by atoms with E-state index in [-0.39, 0.29) is 49.8 Å². The number of ether oxygens (including phenoxy) is 9. The molecule has 4 aliphatic rings. The highest BCUT2D eigenvalue weighted by atomic mass is 35.5. The third-order valence-electron chi connectivity index (χ3n) is 7.30. The zero-order chi connectivity index (χ0) is 34.3. The van der Waals surface area contributed by atoms with Gasteiger partial charge in [0.05, 0.1) is 51.1 Å². The topological polar surface area (TPSA) is 175 Å². The lowest BCUT2D eigenvalue weighted by Crippen LogP contribution is -2.27. The second kappa shape index (κ2) is 20.9. The fraction of sp³-hybridized carbons (Fsp3) is 0.545. The predicted molar refractivity (Wildman–Crippen MR) is 171 cm³/mol. The molecule has 2 aromatic rings. The van der Waals surface area contributed by atoms with E-state index in [2.05, 4.69) is 14.2 Å². The third kappa shape index (κ3) is 12.0. The summed E-state index contributed by atoms with van der Waals surface area (Å²) in [6.45, 7) is 6.12. The average Bonchev–Trinajstić information content (AvgIpc) is 3.89. The Bertz CT molecular complexity index is 1260. The van der Waals surface area contributed by atoms with Crippen LogP contribution in [0, 0.1) is 11.8 Å². The van der Waals surface area contributed by atoms with Gasteiger partial charge >= 0.3 is 17.6 Å². The van der Waals surface area contributed by atoms with Gasteiger partial charge in [-0.3, -0.25) is 0 Å². The van der Waals surface area contributed by atoms with Gasteiger partial charge in [-0.1, -0.05) is 33.4 Å². The number of aliphatic hydroxyl groups is 2. The van der Waals surface area contributed by atoms with Gasteiger partial charge in [0.25, 0.3) is 0 Å². The molecular weight excluding hydrogens is 656 g/mol. The lowest BCUT2D eigenvalue weighted by atomic mass is 10.0. The number of hydrogen-bond donors (Lipinski definition) is 2. The highest BCUT2D eigenvalue weighted by Gasteiger charge is 2.44. The summed E-state index contributed by atoms with van der Waals surface area (Å²) in [6, 6.07) is 12.2. The van der Waals surface area contributed by atoms with Crippen molar-refractivity contribution >= 4 is 29.2 Å². The molecule has 4 saturated heterocycles. The maximum absolute atomic E-state index is 11.8. The summed E-state index contributed by atoms with van der Waals surface area (Å²) in [5, 5.41) is 18.4. The molecule has 48 heavy (non-hydrogen) atoms. The molecule has 0 radical (unpaired) electrons. The Morgan fingerprint density at radius 2 is 1.35 bits per heavy atom. The molecule has 7 atom stereocenters. The van der Waals surface area contributed by atoms with Crippen molar-refractivity contribution in [3.8, 4) is 11.5 Å². The number of carbonyl (C=O) groups is 3. The molecule has 4 heterocycles. The zero-order valence-corrected chi connectivity index (χ0v) is 27.3. The van der Waals surface area contributed by atoms with Crippen molar-refractivity contribution in [2.75, 3.05) is 40.6 Å². The van der Waals surface area contributed by atoms with Crippen molar-refractivity contribution in [2.24, 2.45) is 11.8 Å². The first-order valence-electron chi connectivity index (χ1n) is 15.1. The van der Waals surface area contributed by atoms with Crippen LogP contribution in [0.4, 0.5) is 9.59 Å². The number of rotatable bonds is 6. The van der Waals surface area contributed by atoms with E-state index in [9.17, 15) is 24.6 Å². The van der Waals surface area contributed by atoms with Crippen LogP contribution in [0.15, 0.2) is 48.5 Å². The van der Waals surface area contributed by atoms with Crippen LogP contribution in [0.3, 0.4) is 0 Å². The van der Waals surface area contributed by atoms with Crippen molar-refractivity contribution in [3.05, 3.63) is 59.7 Å². The van der Waals surface area contributed by atoms with Gasteiger partial charge in [-0.25, -0.2) is 14.4 Å². The Morgan fingerprint density at radius 1 is 0.812 bits per heavy atom. The molecule has 0 spiro atoms.